The molecular weight excluding hydrogens is 300 g/mol. The van der Waals surface area contributed by atoms with E-state index in [0.29, 0.717) is 12.8 Å². The number of ketones is 1. The van der Waals surface area contributed by atoms with Gasteiger partial charge in [0, 0.05) is 0 Å². The maximum atomic E-state index is 13.2. The monoisotopic (exact) mass is 320 g/mol. The fourth-order valence-corrected chi connectivity index (χ4v) is 5.90. The van der Waals surface area contributed by atoms with Crippen molar-refractivity contribution in [3.8, 4) is 0 Å². The van der Waals surface area contributed by atoms with Crippen molar-refractivity contribution in [1.29, 1.82) is 0 Å². The molecule has 2 heterocycles. The number of Topliss-reactive ketones (excluding diaryl/α,β-unsaturated/α-hetero) is 1. The molecule has 2 saturated carbocycles. The van der Waals surface area contributed by atoms with Gasteiger partial charge in [-0.05, 0) is 30.6 Å². The van der Waals surface area contributed by atoms with Gasteiger partial charge in [0.15, 0.2) is 11.9 Å². The summed E-state index contributed by atoms with van der Waals surface area (Å²) in [6.07, 6.45) is 1.20. The van der Waals surface area contributed by atoms with Crippen LogP contribution in [0.3, 0.4) is 0 Å². The van der Waals surface area contributed by atoms with Crippen LogP contribution in [0.1, 0.15) is 33.1 Å². The van der Waals surface area contributed by atoms with E-state index in [4.69, 9.17) is 14.2 Å². The summed E-state index contributed by atoms with van der Waals surface area (Å²) >= 11 is 0. The Kier molecular flexibility index (Phi) is 2.61. The lowest BCUT2D eigenvalue weighted by Gasteiger charge is -2.44. The molecule has 0 aromatic heterocycles. The Labute approximate surface area is 134 Å². The van der Waals surface area contributed by atoms with Crippen molar-refractivity contribution in [3.63, 3.8) is 0 Å². The van der Waals surface area contributed by atoms with E-state index in [1.54, 1.807) is 0 Å². The number of hydrogen-bond donors (Lipinski definition) is 0. The molecule has 2 aliphatic carbocycles. The van der Waals surface area contributed by atoms with E-state index in [2.05, 4.69) is 13.8 Å². The van der Waals surface area contributed by atoms with Crippen LogP contribution in [0, 0.1) is 16.7 Å². The lowest BCUT2D eigenvalue weighted by atomic mass is 9.56. The molecule has 124 valence electrons. The minimum atomic E-state index is -1.03. The summed E-state index contributed by atoms with van der Waals surface area (Å²) in [6, 6.07) is 0. The van der Waals surface area contributed by atoms with E-state index < -0.39 is 29.1 Å². The van der Waals surface area contributed by atoms with Crippen molar-refractivity contribution < 1.29 is 28.6 Å². The van der Waals surface area contributed by atoms with Crippen LogP contribution >= 0.6 is 0 Å². The van der Waals surface area contributed by atoms with E-state index in [9.17, 15) is 14.4 Å². The van der Waals surface area contributed by atoms with Gasteiger partial charge in [0.1, 0.15) is 5.60 Å². The molecule has 0 aromatic carbocycles. The highest BCUT2D eigenvalue weighted by molar-refractivity contribution is 6.14. The predicted octanol–water partition coefficient (Wildman–Crippen LogP) is 1.18. The van der Waals surface area contributed by atoms with E-state index in [1.165, 1.54) is 14.2 Å². The smallest absolute Gasteiger partial charge is 0.337 e. The molecular formula is C17H20O6. The van der Waals surface area contributed by atoms with E-state index in [-0.39, 0.29) is 28.3 Å². The lowest BCUT2D eigenvalue weighted by molar-refractivity contribution is -0.143. The quantitative estimate of drug-likeness (QED) is 0.711. The second-order valence-electron chi connectivity index (χ2n) is 7.53. The Morgan fingerprint density at radius 3 is 2.39 bits per heavy atom. The van der Waals surface area contributed by atoms with Gasteiger partial charge in [-0.3, -0.25) is 4.79 Å². The fourth-order valence-electron chi connectivity index (χ4n) is 5.90. The number of hydrogen-bond acceptors (Lipinski definition) is 6. The molecule has 23 heavy (non-hydrogen) atoms. The van der Waals surface area contributed by atoms with Crippen molar-refractivity contribution in [2.75, 3.05) is 14.2 Å². The van der Waals surface area contributed by atoms with Crippen LogP contribution in [0.25, 0.3) is 0 Å². The van der Waals surface area contributed by atoms with Gasteiger partial charge in [0.05, 0.1) is 30.8 Å². The van der Waals surface area contributed by atoms with Crippen molar-refractivity contribution in [3.05, 3.63) is 11.1 Å². The molecule has 3 fully saturated rings. The molecule has 0 amide bonds. The number of rotatable bonds is 2. The first-order valence-electron chi connectivity index (χ1n) is 7.92. The van der Waals surface area contributed by atoms with Gasteiger partial charge >= 0.3 is 11.9 Å². The molecule has 2 aliphatic heterocycles. The largest absolute Gasteiger partial charge is 0.466 e. The summed E-state index contributed by atoms with van der Waals surface area (Å²) in [4.78, 5) is 37.9. The molecule has 4 atom stereocenters. The molecule has 0 aromatic rings. The summed E-state index contributed by atoms with van der Waals surface area (Å²) in [5, 5.41) is 0. The second-order valence-corrected chi connectivity index (χ2v) is 7.53. The van der Waals surface area contributed by atoms with Crippen LogP contribution in [-0.4, -0.2) is 43.6 Å². The van der Waals surface area contributed by atoms with Crippen LogP contribution in [-0.2, 0) is 28.6 Å². The van der Waals surface area contributed by atoms with Gasteiger partial charge in [0.2, 0.25) is 0 Å². The highest BCUT2D eigenvalue weighted by Gasteiger charge is 2.85. The zero-order chi connectivity index (χ0) is 16.8. The van der Waals surface area contributed by atoms with E-state index in [0.717, 1.165) is 6.42 Å². The van der Waals surface area contributed by atoms with Gasteiger partial charge < -0.3 is 14.2 Å². The Hall–Kier alpha value is -1.69. The molecule has 1 saturated heterocycles. The number of esters is 2. The average molecular weight is 320 g/mol. The summed E-state index contributed by atoms with van der Waals surface area (Å²) < 4.78 is 15.8. The van der Waals surface area contributed by atoms with Gasteiger partial charge in [-0.25, -0.2) is 9.59 Å². The third-order valence-electron chi connectivity index (χ3n) is 6.92. The summed E-state index contributed by atoms with van der Waals surface area (Å²) in [7, 11) is 2.51. The minimum absolute atomic E-state index is 0.0401. The Balaban J connectivity index is 2.01. The molecule has 0 unspecified atom stereocenters. The zero-order valence-electron chi connectivity index (χ0n) is 13.7. The van der Waals surface area contributed by atoms with Gasteiger partial charge in [-0.1, -0.05) is 13.8 Å². The van der Waals surface area contributed by atoms with Crippen LogP contribution in [0.5, 0.6) is 0 Å². The molecule has 0 radical (unpaired) electrons. The lowest BCUT2D eigenvalue weighted by Crippen LogP contribution is -2.54. The van der Waals surface area contributed by atoms with Gasteiger partial charge in [-0.2, -0.15) is 0 Å². The molecule has 6 heteroatoms. The zero-order valence-corrected chi connectivity index (χ0v) is 13.7. The standard InChI is InChI=1S/C17H20O6/c1-15(2)8-5-6-16(15)12(18)11-9(13(19)21-3)10(14(20)22-4)17(16,7-8)23-11/h8,11H,5-7H2,1-4H3/t8-,11+,16-,17-/m1/s1. The molecule has 4 rings (SSSR count). The second kappa shape index (κ2) is 4.04. The summed E-state index contributed by atoms with van der Waals surface area (Å²) in [5.41, 5.74) is -1.78. The third-order valence-corrected chi connectivity index (χ3v) is 6.92. The molecule has 2 spiro atoms. The Bertz CT molecular complexity index is 689. The predicted molar refractivity (Wildman–Crippen MR) is 77.2 cm³/mol. The minimum Gasteiger partial charge on any atom is -0.466 e. The number of carbonyl (C=O) groups excluding carboxylic acids is 3. The SMILES string of the molecule is COC(=O)C1=C(C(=O)OC)[C@]23C[C@H]4CC[C@@]2(C(=O)[C@H]1O3)C4(C)C. The van der Waals surface area contributed by atoms with Crippen molar-refractivity contribution in [2.24, 2.45) is 16.7 Å². The maximum absolute atomic E-state index is 13.2. The molecule has 4 bridgehead atoms. The fraction of sp³-hybridized carbons (Fsp3) is 0.706. The summed E-state index contributed by atoms with van der Waals surface area (Å²) in [6.45, 7) is 4.15. The number of ether oxygens (including phenoxy) is 3. The third kappa shape index (κ3) is 1.23. The topological polar surface area (TPSA) is 78.9 Å². The average Bonchev–Trinajstić information content (AvgIpc) is 3.14. The number of methoxy groups -OCH3 is 2. The van der Waals surface area contributed by atoms with Crippen LogP contribution in [0.15, 0.2) is 11.1 Å². The Morgan fingerprint density at radius 1 is 1.17 bits per heavy atom. The molecule has 4 aliphatic rings. The Morgan fingerprint density at radius 2 is 1.83 bits per heavy atom. The highest BCUT2D eigenvalue weighted by Crippen LogP contribution is 2.78. The van der Waals surface area contributed by atoms with Crippen molar-refractivity contribution in [2.45, 2.75) is 44.8 Å². The number of carbonyl (C=O) groups is 3. The highest BCUT2D eigenvalue weighted by atomic mass is 16.6. The van der Waals surface area contributed by atoms with E-state index in [1.807, 2.05) is 0 Å². The first-order chi connectivity index (χ1) is 10.8. The van der Waals surface area contributed by atoms with Gasteiger partial charge in [0.25, 0.3) is 0 Å². The van der Waals surface area contributed by atoms with E-state index >= 15 is 0 Å². The first kappa shape index (κ1) is 14.9. The maximum Gasteiger partial charge on any atom is 0.337 e. The first-order valence-corrected chi connectivity index (χ1v) is 7.92. The molecule has 0 N–H and O–H groups in total. The van der Waals surface area contributed by atoms with Crippen molar-refractivity contribution >= 4 is 17.7 Å². The van der Waals surface area contributed by atoms with Crippen LogP contribution in [0.2, 0.25) is 0 Å². The normalized spacial score (nSPS) is 42.2. The van der Waals surface area contributed by atoms with Gasteiger partial charge in [-0.15, -0.1) is 0 Å². The van der Waals surface area contributed by atoms with Crippen molar-refractivity contribution in [1.82, 2.24) is 0 Å². The molecule has 6 nitrogen and oxygen atoms in total. The summed E-state index contributed by atoms with van der Waals surface area (Å²) in [5.74, 6) is -1.07. The number of fused-ring (bicyclic) bond motifs is 2. The van der Waals surface area contributed by atoms with Crippen LogP contribution in [0.4, 0.5) is 0 Å². The van der Waals surface area contributed by atoms with Crippen LogP contribution < -0.4 is 0 Å².